The Morgan fingerprint density at radius 2 is 1.82 bits per heavy atom. The summed E-state index contributed by atoms with van der Waals surface area (Å²) in [6.45, 7) is 8.56. The van der Waals surface area contributed by atoms with Gasteiger partial charge in [-0.3, -0.25) is 0 Å². The van der Waals surface area contributed by atoms with Gasteiger partial charge in [-0.05, 0) is 25.7 Å². The van der Waals surface area contributed by atoms with Gasteiger partial charge in [0.15, 0.2) is 0 Å². The predicted molar refractivity (Wildman–Crippen MR) is 75.0 cm³/mol. The van der Waals surface area contributed by atoms with Crippen LogP contribution in [0.15, 0.2) is 0 Å². The summed E-state index contributed by atoms with van der Waals surface area (Å²) in [5.41, 5.74) is 0. The van der Waals surface area contributed by atoms with Crippen molar-refractivity contribution >= 4 is 21.6 Å². The van der Waals surface area contributed by atoms with Crippen LogP contribution in [0.4, 0.5) is 0 Å². The Kier molecular flexibility index (Phi) is 8.43. The van der Waals surface area contributed by atoms with E-state index in [1.165, 1.54) is 0 Å². The molecule has 17 heavy (non-hydrogen) atoms. The topological polar surface area (TPSA) is 37.4 Å². The fraction of sp³-hybridized carbons (Fsp3) is 1.00. The molecule has 0 rings (SSSR count). The van der Waals surface area contributed by atoms with Gasteiger partial charge in [0.05, 0.1) is 5.75 Å². The Morgan fingerprint density at radius 3 is 2.24 bits per heavy atom. The summed E-state index contributed by atoms with van der Waals surface area (Å²) < 4.78 is 26.2. The second-order valence-electron chi connectivity index (χ2n) is 4.76. The van der Waals surface area contributed by atoms with Crippen LogP contribution in [0.5, 0.6) is 0 Å². The van der Waals surface area contributed by atoms with Gasteiger partial charge in [0.2, 0.25) is 10.0 Å². The predicted octanol–water partition coefficient (Wildman–Crippen LogP) is 3.09. The third-order valence-corrected chi connectivity index (χ3v) is 5.70. The molecule has 0 spiro atoms. The van der Waals surface area contributed by atoms with E-state index in [0.29, 0.717) is 12.4 Å². The molecule has 0 saturated heterocycles. The lowest BCUT2D eigenvalue weighted by Gasteiger charge is -2.28. The summed E-state index contributed by atoms with van der Waals surface area (Å²) in [5.74, 6) is 0.557. The Labute approximate surface area is 112 Å². The fourth-order valence-corrected chi connectivity index (χ4v) is 4.02. The van der Waals surface area contributed by atoms with Gasteiger partial charge in [0.25, 0.3) is 0 Å². The number of hydrogen-bond donors (Lipinski definition) is 0. The van der Waals surface area contributed by atoms with Crippen molar-refractivity contribution in [2.75, 3.05) is 18.2 Å². The number of nitrogens with zero attached hydrogens (tertiary/aromatic N) is 1. The minimum absolute atomic E-state index is 0.00912. The number of hydrogen-bond acceptors (Lipinski definition) is 2. The van der Waals surface area contributed by atoms with Crippen molar-refractivity contribution in [1.29, 1.82) is 0 Å². The van der Waals surface area contributed by atoms with Crippen LogP contribution in [0.1, 0.15) is 47.0 Å². The standard InChI is InChI=1S/C12H26ClNO2S/c1-5-7-8-14(12(4)6-2)17(15,16)10-11(3)9-13/h11-12H,5-10H2,1-4H3. The van der Waals surface area contributed by atoms with Gasteiger partial charge >= 0.3 is 0 Å². The molecule has 2 atom stereocenters. The van der Waals surface area contributed by atoms with Crippen molar-refractivity contribution in [2.24, 2.45) is 5.92 Å². The molecule has 104 valence electrons. The molecule has 0 N–H and O–H groups in total. The number of unbranched alkanes of at least 4 members (excludes halogenated alkanes) is 1. The molecule has 0 aromatic carbocycles. The quantitative estimate of drug-likeness (QED) is 0.610. The SMILES string of the molecule is CCCCN(C(C)CC)S(=O)(=O)CC(C)CCl. The third-order valence-electron chi connectivity index (χ3n) is 2.93. The van der Waals surface area contributed by atoms with Crippen molar-refractivity contribution in [3.8, 4) is 0 Å². The Morgan fingerprint density at radius 1 is 1.24 bits per heavy atom. The maximum atomic E-state index is 12.3. The number of rotatable bonds is 9. The molecule has 0 fully saturated rings. The molecule has 2 unspecified atom stereocenters. The van der Waals surface area contributed by atoms with Gasteiger partial charge in [0, 0.05) is 18.5 Å². The van der Waals surface area contributed by atoms with Gasteiger partial charge in [-0.1, -0.05) is 27.2 Å². The molecule has 0 bridgehead atoms. The van der Waals surface area contributed by atoms with E-state index in [2.05, 4.69) is 6.92 Å². The van der Waals surface area contributed by atoms with Crippen LogP contribution in [0, 0.1) is 5.92 Å². The minimum Gasteiger partial charge on any atom is -0.212 e. The molecule has 0 aliphatic rings. The normalized spacial score (nSPS) is 16.1. The summed E-state index contributed by atoms with van der Waals surface area (Å²) in [6.07, 6.45) is 2.77. The molecule has 0 aromatic rings. The average molecular weight is 284 g/mol. The fourth-order valence-electron chi connectivity index (χ4n) is 1.65. The highest BCUT2D eigenvalue weighted by atomic mass is 35.5. The average Bonchev–Trinajstić information content (AvgIpc) is 2.28. The van der Waals surface area contributed by atoms with Crippen molar-refractivity contribution in [2.45, 2.75) is 53.0 Å². The number of alkyl halides is 1. The number of halogens is 1. The van der Waals surface area contributed by atoms with Crippen LogP contribution >= 0.6 is 11.6 Å². The molecule has 0 amide bonds. The van der Waals surface area contributed by atoms with E-state index < -0.39 is 10.0 Å². The third kappa shape index (κ3) is 6.07. The van der Waals surface area contributed by atoms with Gasteiger partial charge < -0.3 is 0 Å². The summed E-state index contributed by atoms with van der Waals surface area (Å²) in [6, 6.07) is 0.0778. The van der Waals surface area contributed by atoms with Crippen molar-refractivity contribution < 1.29 is 8.42 Å². The molecular formula is C12H26ClNO2S. The lowest BCUT2D eigenvalue weighted by atomic mass is 10.2. The van der Waals surface area contributed by atoms with Crippen LogP contribution in [-0.4, -0.2) is 36.9 Å². The first-order chi connectivity index (χ1) is 7.88. The first kappa shape index (κ1) is 17.2. The molecule has 0 aliphatic heterocycles. The van der Waals surface area contributed by atoms with Gasteiger partial charge in [-0.2, -0.15) is 4.31 Å². The molecule has 5 heteroatoms. The van der Waals surface area contributed by atoms with Crippen molar-refractivity contribution in [1.82, 2.24) is 4.31 Å². The summed E-state index contributed by atoms with van der Waals surface area (Å²) >= 11 is 5.70. The summed E-state index contributed by atoms with van der Waals surface area (Å²) in [4.78, 5) is 0. The molecule has 3 nitrogen and oxygen atoms in total. The van der Waals surface area contributed by atoms with Crippen molar-refractivity contribution in [3.05, 3.63) is 0 Å². The molecular weight excluding hydrogens is 258 g/mol. The minimum atomic E-state index is -3.17. The smallest absolute Gasteiger partial charge is 0.212 e. The first-order valence-corrected chi connectivity index (χ1v) is 8.58. The van der Waals surface area contributed by atoms with Crippen molar-refractivity contribution in [3.63, 3.8) is 0 Å². The van der Waals surface area contributed by atoms with E-state index in [4.69, 9.17) is 11.6 Å². The monoisotopic (exact) mass is 283 g/mol. The highest BCUT2D eigenvalue weighted by Gasteiger charge is 2.27. The van der Waals surface area contributed by atoms with E-state index in [-0.39, 0.29) is 17.7 Å². The second kappa shape index (κ2) is 8.33. The van der Waals surface area contributed by atoms with E-state index in [9.17, 15) is 8.42 Å². The van der Waals surface area contributed by atoms with Crippen LogP contribution in [0.25, 0.3) is 0 Å². The van der Waals surface area contributed by atoms with Gasteiger partial charge in [0.1, 0.15) is 0 Å². The zero-order valence-corrected chi connectivity index (χ0v) is 13.0. The summed E-state index contributed by atoms with van der Waals surface area (Å²) in [5, 5.41) is 0. The van der Waals surface area contributed by atoms with Crippen LogP contribution < -0.4 is 0 Å². The molecule has 0 saturated carbocycles. The largest absolute Gasteiger partial charge is 0.214 e. The molecule has 0 heterocycles. The van der Waals surface area contributed by atoms with Crippen LogP contribution in [-0.2, 0) is 10.0 Å². The number of sulfonamides is 1. The van der Waals surface area contributed by atoms with Gasteiger partial charge in [-0.25, -0.2) is 8.42 Å². The second-order valence-corrected chi connectivity index (χ2v) is 7.03. The zero-order valence-electron chi connectivity index (χ0n) is 11.4. The summed E-state index contributed by atoms with van der Waals surface area (Å²) in [7, 11) is -3.17. The zero-order chi connectivity index (χ0) is 13.5. The van der Waals surface area contributed by atoms with E-state index in [0.717, 1.165) is 19.3 Å². The highest BCUT2D eigenvalue weighted by molar-refractivity contribution is 7.89. The Balaban J connectivity index is 4.76. The Bertz CT molecular complexity index is 293. The maximum Gasteiger partial charge on any atom is 0.214 e. The molecule has 0 aliphatic carbocycles. The van der Waals surface area contributed by atoms with Crippen LogP contribution in [0.3, 0.4) is 0 Å². The Hall–Kier alpha value is 0.200. The first-order valence-electron chi connectivity index (χ1n) is 6.44. The maximum absolute atomic E-state index is 12.3. The van der Waals surface area contributed by atoms with E-state index in [1.807, 2.05) is 20.8 Å². The molecule has 0 aromatic heterocycles. The van der Waals surface area contributed by atoms with E-state index >= 15 is 0 Å². The van der Waals surface area contributed by atoms with Gasteiger partial charge in [-0.15, -0.1) is 11.6 Å². The lowest BCUT2D eigenvalue weighted by molar-refractivity contribution is 0.322. The molecule has 0 radical (unpaired) electrons. The van der Waals surface area contributed by atoms with Crippen LogP contribution in [0.2, 0.25) is 0 Å². The highest BCUT2D eigenvalue weighted by Crippen LogP contribution is 2.15. The lowest BCUT2D eigenvalue weighted by Crippen LogP contribution is -2.41. The van der Waals surface area contributed by atoms with E-state index in [1.54, 1.807) is 4.31 Å².